The van der Waals surface area contributed by atoms with E-state index in [1.807, 2.05) is 17.9 Å². The molecular formula is C15H23N3O. The van der Waals surface area contributed by atoms with Crippen LogP contribution in [0.3, 0.4) is 0 Å². The number of carbonyl (C=O) groups excluding carboxylic acids is 1. The van der Waals surface area contributed by atoms with Gasteiger partial charge in [-0.2, -0.15) is 0 Å². The Balaban J connectivity index is 2.26. The van der Waals surface area contributed by atoms with Crippen LogP contribution in [0.25, 0.3) is 0 Å². The predicted molar refractivity (Wildman–Crippen MR) is 77.4 cm³/mol. The number of hydrogen-bond donors (Lipinski definition) is 1. The van der Waals surface area contributed by atoms with Crippen molar-refractivity contribution >= 4 is 11.6 Å². The van der Waals surface area contributed by atoms with Crippen molar-refractivity contribution in [3.8, 4) is 0 Å². The summed E-state index contributed by atoms with van der Waals surface area (Å²) in [6.45, 7) is 10.6. The zero-order valence-corrected chi connectivity index (χ0v) is 12.2. The molecule has 1 fully saturated rings. The first-order valence-electron chi connectivity index (χ1n) is 6.99. The number of carbonyl (C=O) groups is 1. The molecule has 4 nitrogen and oxygen atoms in total. The lowest BCUT2D eigenvalue weighted by Gasteiger charge is -2.29. The number of rotatable bonds is 3. The lowest BCUT2D eigenvalue weighted by atomic mass is 9.94. The molecule has 19 heavy (non-hydrogen) atoms. The minimum Gasteiger partial charge on any atom is -0.308 e. The molecule has 104 valence electrons. The molecule has 1 atom stereocenters. The van der Waals surface area contributed by atoms with Gasteiger partial charge in [0.05, 0.1) is 17.9 Å². The van der Waals surface area contributed by atoms with Gasteiger partial charge in [-0.05, 0) is 25.0 Å². The molecule has 1 unspecified atom stereocenters. The fourth-order valence-corrected chi connectivity index (χ4v) is 2.31. The Hall–Kier alpha value is -1.42. The number of aromatic nitrogens is 1. The molecule has 0 aromatic carbocycles. The summed E-state index contributed by atoms with van der Waals surface area (Å²) in [6.07, 6.45) is 0. The third kappa shape index (κ3) is 2.95. The zero-order valence-electron chi connectivity index (χ0n) is 12.2. The van der Waals surface area contributed by atoms with E-state index < -0.39 is 0 Å². The number of piperazine rings is 1. The molecule has 1 aromatic rings. The summed E-state index contributed by atoms with van der Waals surface area (Å²) in [5.41, 5.74) is 3.00. The third-order valence-electron chi connectivity index (χ3n) is 3.93. The Bertz CT molecular complexity index is 470. The van der Waals surface area contributed by atoms with E-state index in [2.05, 4.69) is 37.1 Å². The maximum Gasteiger partial charge on any atom is 0.241 e. The first-order chi connectivity index (χ1) is 9.00. The van der Waals surface area contributed by atoms with Gasteiger partial charge in [-0.1, -0.05) is 20.8 Å². The molecule has 0 bridgehead atoms. The third-order valence-corrected chi connectivity index (χ3v) is 3.93. The van der Waals surface area contributed by atoms with E-state index in [9.17, 15) is 4.79 Å². The van der Waals surface area contributed by atoms with E-state index >= 15 is 0 Å². The van der Waals surface area contributed by atoms with Crippen molar-refractivity contribution < 1.29 is 4.79 Å². The molecule has 0 saturated carbocycles. The molecule has 0 aliphatic carbocycles. The van der Waals surface area contributed by atoms with E-state index in [-0.39, 0.29) is 5.91 Å². The highest BCUT2D eigenvalue weighted by molar-refractivity contribution is 5.96. The average molecular weight is 261 g/mol. The van der Waals surface area contributed by atoms with Gasteiger partial charge in [0.2, 0.25) is 5.91 Å². The van der Waals surface area contributed by atoms with Gasteiger partial charge in [0.25, 0.3) is 0 Å². The summed E-state index contributed by atoms with van der Waals surface area (Å²) in [6, 6.07) is 4.10. The standard InChI is InChI=1S/C15H23N3O/c1-10(2)11(3)13-5-6-14(12(4)17-13)18-8-7-16-9-15(18)19/h5-6,10-11,16H,7-9H2,1-4H3. The van der Waals surface area contributed by atoms with Gasteiger partial charge >= 0.3 is 0 Å². The van der Waals surface area contributed by atoms with Gasteiger partial charge in [0.15, 0.2) is 0 Å². The second kappa shape index (κ2) is 5.70. The average Bonchev–Trinajstić information content (AvgIpc) is 2.38. The SMILES string of the molecule is Cc1nc(C(C)C(C)C)ccc1N1CCNCC1=O. The Labute approximate surface area is 115 Å². The van der Waals surface area contributed by atoms with Crippen LogP contribution in [0.4, 0.5) is 5.69 Å². The molecule has 1 aliphatic heterocycles. The highest BCUT2D eigenvalue weighted by Crippen LogP contribution is 2.26. The Morgan fingerprint density at radius 1 is 1.32 bits per heavy atom. The van der Waals surface area contributed by atoms with Crippen LogP contribution in [-0.2, 0) is 4.79 Å². The Morgan fingerprint density at radius 2 is 2.05 bits per heavy atom. The number of nitrogens with one attached hydrogen (secondary N) is 1. The number of amides is 1. The molecule has 4 heteroatoms. The van der Waals surface area contributed by atoms with Crippen molar-refractivity contribution in [2.24, 2.45) is 5.92 Å². The minimum atomic E-state index is 0.126. The van der Waals surface area contributed by atoms with Crippen LogP contribution in [0.15, 0.2) is 12.1 Å². The van der Waals surface area contributed by atoms with Gasteiger partial charge in [-0.3, -0.25) is 9.78 Å². The van der Waals surface area contributed by atoms with Crippen molar-refractivity contribution in [2.45, 2.75) is 33.6 Å². The number of aryl methyl sites for hydroxylation is 1. The van der Waals surface area contributed by atoms with Crippen LogP contribution >= 0.6 is 0 Å². The number of anilines is 1. The lowest BCUT2D eigenvalue weighted by Crippen LogP contribution is -2.48. The van der Waals surface area contributed by atoms with Gasteiger partial charge < -0.3 is 10.2 Å². The maximum atomic E-state index is 11.9. The van der Waals surface area contributed by atoms with E-state index in [1.165, 1.54) is 0 Å². The van der Waals surface area contributed by atoms with Crippen LogP contribution in [0.1, 0.15) is 38.1 Å². The van der Waals surface area contributed by atoms with Crippen LogP contribution < -0.4 is 10.2 Å². The van der Waals surface area contributed by atoms with Crippen molar-refractivity contribution in [1.29, 1.82) is 0 Å². The second-order valence-corrected chi connectivity index (χ2v) is 5.60. The van der Waals surface area contributed by atoms with Crippen molar-refractivity contribution in [3.63, 3.8) is 0 Å². The largest absolute Gasteiger partial charge is 0.308 e. The van der Waals surface area contributed by atoms with E-state index in [0.29, 0.717) is 18.4 Å². The number of nitrogens with zero attached hydrogens (tertiary/aromatic N) is 2. The van der Waals surface area contributed by atoms with Crippen molar-refractivity contribution in [1.82, 2.24) is 10.3 Å². The minimum absolute atomic E-state index is 0.126. The van der Waals surface area contributed by atoms with Gasteiger partial charge in [-0.25, -0.2) is 0 Å². The molecule has 1 saturated heterocycles. The highest BCUT2D eigenvalue weighted by Gasteiger charge is 2.22. The molecule has 1 N–H and O–H groups in total. The molecular weight excluding hydrogens is 238 g/mol. The molecule has 1 aromatic heterocycles. The maximum absolute atomic E-state index is 11.9. The summed E-state index contributed by atoms with van der Waals surface area (Å²) in [5, 5.41) is 3.09. The van der Waals surface area contributed by atoms with E-state index in [1.54, 1.807) is 0 Å². The summed E-state index contributed by atoms with van der Waals surface area (Å²) in [4.78, 5) is 18.4. The van der Waals surface area contributed by atoms with Gasteiger partial charge in [-0.15, -0.1) is 0 Å². The smallest absolute Gasteiger partial charge is 0.241 e. The molecule has 1 amide bonds. The van der Waals surface area contributed by atoms with Crippen LogP contribution in [0.5, 0.6) is 0 Å². The molecule has 0 spiro atoms. The Morgan fingerprint density at radius 3 is 2.63 bits per heavy atom. The second-order valence-electron chi connectivity index (χ2n) is 5.60. The first kappa shape index (κ1) is 14.0. The molecule has 2 rings (SSSR count). The van der Waals surface area contributed by atoms with Crippen LogP contribution in [0.2, 0.25) is 0 Å². The normalized spacial score (nSPS) is 17.9. The Kier molecular flexibility index (Phi) is 4.20. The van der Waals surface area contributed by atoms with Crippen LogP contribution in [0, 0.1) is 12.8 Å². The summed E-state index contributed by atoms with van der Waals surface area (Å²) in [7, 11) is 0. The summed E-state index contributed by atoms with van der Waals surface area (Å²) >= 11 is 0. The first-order valence-corrected chi connectivity index (χ1v) is 6.99. The summed E-state index contributed by atoms with van der Waals surface area (Å²) in [5.74, 6) is 1.13. The van der Waals surface area contributed by atoms with E-state index in [0.717, 1.165) is 30.2 Å². The quantitative estimate of drug-likeness (QED) is 0.906. The van der Waals surface area contributed by atoms with Gasteiger partial charge in [0, 0.05) is 24.7 Å². The molecule has 0 radical (unpaired) electrons. The fraction of sp³-hybridized carbons (Fsp3) is 0.600. The lowest BCUT2D eigenvalue weighted by molar-refractivity contribution is -0.118. The van der Waals surface area contributed by atoms with E-state index in [4.69, 9.17) is 0 Å². The topological polar surface area (TPSA) is 45.2 Å². The molecule has 1 aliphatic rings. The predicted octanol–water partition coefficient (Wildman–Crippen LogP) is 2.09. The summed E-state index contributed by atoms with van der Waals surface area (Å²) < 4.78 is 0. The van der Waals surface area contributed by atoms with Crippen LogP contribution in [-0.4, -0.2) is 30.5 Å². The zero-order chi connectivity index (χ0) is 14.0. The molecule has 2 heterocycles. The fourth-order valence-electron chi connectivity index (χ4n) is 2.31. The van der Waals surface area contributed by atoms with Crippen molar-refractivity contribution in [3.05, 3.63) is 23.5 Å². The number of hydrogen-bond acceptors (Lipinski definition) is 3. The number of pyridine rings is 1. The highest BCUT2D eigenvalue weighted by atomic mass is 16.2. The monoisotopic (exact) mass is 261 g/mol. The van der Waals surface area contributed by atoms with Gasteiger partial charge in [0.1, 0.15) is 0 Å². The van der Waals surface area contributed by atoms with Crippen molar-refractivity contribution in [2.75, 3.05) is 24.5 Å².